The molecule has 1 aliphatic carbocycles. The van der Waals surface area contributed by atoms with Crippen LogP contribution in [0.1, 0.15) is 59.3 Å². The lowest BCUT2D eigenvalue weighted by Gasteiger charge is -2.40. The van der Waals surface area contributed by atoms with Crippen molar-refractivity contribution in [3.63, 3.8) is 0 Å². The van der Waals surface area contributed by atoms with E-state index < -0.39 is 11.6 Å². The molecular weight excluding hydrogens is 228 g/mol. The number of hydrogen-bond acceptors (Lipinski definition) is 3. The first-order valence-electron chi connectivity index (χ1n) is 7.27. The average molecular weight is 256 g/mol. The topological polar surface area (TPSA) is 46.5 Å². The van der Waals surface area contributed by atoms with Crippen LogP contribution in [0.15, 0.2) is 0 Å². The van der Waals surface area contributed by atoms with Gasteiger partial charge in [-0.15, -0.1) is 0 Å². The van der Waals surface area contributed by atoms with Gasteiger partial charge in [-0.3, -0.25) is 0 Å². The first-order chi connectivity index (χ1) is 8.46. The fourth-order valence-corrected chi connectivity index (χ4v) is 3.34. The normalized spacial score (nSPS) is 27.9. The number of carbonyl (C=O) groups excluding carboxylic acids is 1. The van der Waals surface area contributed by atoms with Crippen LogP contribution in [-0.4, -0.2) is 23.8 Å². The van der Waals surface area contributed by atoms with Crippen LogP contribution in [0, 0.1) is 17.8 Å². The van der Waals surface area contributed by atoms with E-state index in [4.69, 9.17) is 4.74 Å². The van der Waals surface area contributed by atoms with Gasteiger partial charge in [0.1, 0.15) is 0 Å². The van der Waals surface area contributed by atoms with Crippen molar-refractivity contribution in [2.45, 2.75) is 64.9 Å². The Bertz CT molecular complexity index is 267. The van der Waals surface area contributed by atoms with Gasteiger partial charge in [-0.05, 0) is 30.6 Å². The largest absolute Gasteiger partial charge is 0.467 e. The minimum Gasteiger partial charge on any atom is -0.467 e. The molecular formula is C15H28O3. The van der Waals surface area contributed by atoms with Crippen LogP contribution in [0.3, 0.4) is 0 Å². The van der Waals surface area contributed by atoms with Crippen molar-refractivity contribution in [2.75, 3.05) is 7.11 Å². The van der Waals surface area contributed by atoms with Gasteiger partial charge in [-0.1, -0.05) is 46.5 Å². The molecule has 1 saturated carbocycles. The van der Waals surface area contributed by atoms with E-state index in [0.717, 1.165) is 31.6 Å². The van der Waals surface area contributed by atoms with Gasteiger partial charge in [0.2, 0.25) is 0 Å². The zero-order chi connectivity index (χ0) is 13.8. The number of ether oxygens (including phenoxy) is 1. The van der Waals surface area contributed by atoms with Crippen molar-refractivity contribution in [1.29, 1.82) is 0 Å². The van der Waals surface area contributed by atoms with Gasteiger partial charge in [0, 0.05) is 0 Å². The molecule has 1 fully saturated rings. The zero-order valence-corrected chi connectivity index (χ0v) is 12.2. The fourth-order valence-electron chi connectivity index (χ4n) is 3.34. The highest BCUT2D eigenvalue weighted by Gasteiger charge is 2.48. The molecule has 0 heterocycles. The molecule has 0 amide bonds. The van der Waals surface area contributed by atoms with Gasteiger partial charge in [-0.2, -0.15) is 0 Å². The van der Waals surface area contributed by atoms with Crippen LogP contribution in [0.4, 0.5) is 0 Å². The summed E-state index contributed by atoms with van der Waals surface area (Å²) in [5.74, 6) is 0.271. The van der Waals surface area contributed by atoms with Crippen LogP contribution in [0.25, 0.3) is 0 Å². The summed E-state index contributed by atoms with van der Waals surface area (Å²) in [6.07, 6.45) is 6.63. The van der Waals surface area contributed by atoms with Crippen LogP contribution in [0.5, 0.6) is 0 Å². The van der Waals surface area contributed by atoms with Crippen molar-refractivity contribution in [1.82, 2.24) is 0 Å². The molecule has 0 aromatic rings. The maximum absolute atomic E-state index is 11.9. The highest BCUT2D eigenvalue weighted by molar-refractivity contribution is 5.80. The predicted molar refractivity (Wildman–Crippen MR) is 72.2 cm³/mol. The lowest BCUT2D eigenvalue weighted by molar-refractivity contribution is -0.178. The van der Waals surface area contributed by atoms with Crippen molar-refractivity contribution < 1.29 is 14.6 Å². The molecule has 18 heavy (non-hydrogen) atoms. The Morgan fingerprint density at radius 3 is 2.28 bits per heavy atom. The molecule has 1 aliphatic rings. The molecule has 0 radical (unpaired) electrons. The standard InChI is InChI=1S/C15H28O3/c1-5-6-12-7-9-13(10-8-12)15(17,11(2)3)14(16)18-4/h11-13,17H,5-10H2,1-4H3. The molecule has 0 aromatic carbocycles. The molecule has 0 aromatic heterocycles. The minimum atomic E-state index is -1.30. The van der Waals surface area contributed by atoms with Crippen LogP contribution in [-0.2, 0) is 9.53 Å². The van der Waals surface area contributed by atoms with Crippen LogP contribution >= 0.6 is 0 Å². The number of hydrogen-bond donors (Lipinski definition) is 1. The monoisotopic (exact) mass is 256 g/mol. The first-order valence-corrected chi connectivity index (χ1v) is 7.27. The molecule has 3 heteroatoms. The second-order valence-corrected chi connectivity index (χ2v) is 5.98. The smallest absolute Gasteiger partial charge is 0.338 e. The third-order valence-electron chi connectivity index (χ3n) is 4.56. The fraction of sp³-hybridized carbons (Fsp3) is 0.933. The summed E-state index contributed by atoms with van der Waals surface area (Å²) in [4.78, 5) is 11.9. The van der Waals surface area contributed by atoms with Gasteiger partial charge in [-0.25, -0.2) is 4.79 Å². The second-order valence-electron chi connectivity index (χ2n) is 5.98. The van der Waals surface area contributed by atoms with Gasteiger partial charge in [0.05, 0.1) is 7.11 Å². The van der Waals surface area contributed by atoms with E-state index in [1.165, 1.54) is 20.0 Å². The number of rotatable bonds is 5. The molecule has 1 N–H and O–H groups in total. The summed E-state index contributed by atoms with van der Waals surface area (Å²) < 4.78 is 4.82. The summed E-state index contributed by atoms with van der Waals surface area (Å²) >= 11 is 0. The SMILES string of the molecule is CCCC1CCC(C(O)(C(=O)OC)C(C)C)CC1. The van der Waals surface area contributed by atoms with Gasteiger partial charge in [0.25, 0.3) is 0 Å². The third-order valence-corrected chi connectivity index (χ3v) is 4.56. The zero-order valence-electron chi connectivity index (χ0n) is 12.2. The molecule has 0 saturated heterocycles. The van der Waals surface area contributed by atoms with Gasteiger partial charge >= 0.3 is 5.97 Å². The van der Waals surface area contributed by atoms with E-state index in [9.17, 15) is 9.90 Å². The van der Waals surface area contributed by atoms with Crippen LogP contribution < -0.4 is 0 Å². The lowest BCUT2D eigenvalue weighted by atomic mass is 9.68. The lowest BCUT2D eigenvalue weighted by Crippen LogP contribution is -2.52. The van der Waals surface area contributed by atoms with Crippen molar-refractivity contribution in [2.24, 2.45) is 17.8 Å². The maximum atomic E-state index is 11.9. The van der Waals surface area contributed by atoms with E-state index in [-0.39, 0.29) is 11.8 Å². The molecule has 1 rings (SSSR count). The molecule has 1 unspecified atom stereocenters. The summed E-state index contributed by atoms with van der Waals surface area (Å²) in [6.45, 7) is 6.01. The van der Waals surface area contributed by atoms with Gasteiger partial charge in [0.15, 0.2) is 5.60 Å². The number of carbonyl (C=O) groups is 1. The highest BCUT2D eigenvalue weighted by atomic mass is 16.5. The highest BCUT2D eigenvalue weighted by Crippen LogP contribution is 2.40. The quantitative estimate of drug-likeness (QED) is 0.769. The summed E-state index contributed by atoms with van der Waals surface area (Å²) in [7, 11) is 1.36. The second kappa shape index (κ2) is 6.55. The number of esters is 1. The third kappa shape index (κ3) is 3.05. The molecule has 0 bridgehead atoms. The first kappa shape index (κ1) is 15.5. The Morgan fingerprint density at radius 1 is 1.33 bits per heavy atom. The number of aliphatic hydroxyl groups is 1. The van der Waals surface area contributed by atoms with Gasteiger partial charge < -0.3 is 9.84 Å². The van der Waals surface area contributed by atoms with E-state index in [2.05, 4.69) is 6.92 Å². The van der Waals surface area contributed by atoms with Crippen molar-refractivity contribution in [3.05, 3.63) is 0 Å². The molecule has 106 valence electrons. The summed E-state index contributed by atoms with van der Waals surface area (Å²) in [5.41, 5.74) is -1.30. The summed E-state index contributed by atoms with van der Waals surface area (Å²) in [5, 5.41) is 10.7. The van der Waals surface area contributed by atoms with Crippen molar-refractivity contribution >= 4 is 5.97 Å². The Kier molecular flexibility index (Phi) is 5.64. The van der Waals surface area contributed by atoms with E-state index >= 15 is 0 Å². The molecule has 0 spiro atoms. The van der Waals surface area contributed by atoms with E-state index in [0.29, 0.717) is 0 Å². The number of methoxy groups -OCH3 is 1. The maximum Gasteiger partial charge on any atom is 0.338 e. The Morgan fingerprint density at radius 2 is 1.89 bits per heavy atom. The predicted octanol–water partition coefficient (Wildman–Crippen LogP) is 3.15. The average Bonchev–Trinajstić information content (AvgIpc) is 2.37. The Labute approximate surface area is 111 Å². The summed E-state index contributed by atoms with van der Waals surface area (Å²) in [6, 6.07) is 0. The molecule has 1 atom stereocenters. The minimum absolute atomic E-state index is 0.0538. The van der Waals surface area contributed by atoms with Crippen molar-refractivity contribution in [3.8, 4) is 0 Å². The van der Waals surface area contributed by atoms with E-state index in [1.807, 2.05) is 13.8 Å². The molecule has 0 aliphatic heterocycles. The Hall–Kier alpha value is -0.570. The van der Waals surface area contributed by atoms with E-state index in [1.54, 1.807) is 0 Å². The Balaban J connectivity index is 2.70. The molecule has 3 nitrogen and oxygen atoms in total. The van der Waals surface area contributed by atoms with Crippen LogP contribution in [0.2, 0.25) is 0 Å².